The molecule has 14 heteroatoms. The minimum Gasteiger partial charge on any atom is -0.394 e. The Kier molecular flexibility index (Phi) is 10.7. The number of carbonyl (C=O) groups is 2. The summed E-state index contributed by atoms with van der Waals surface area (Å²) in [4.78, 5) is 32.6. The van der Waals surface area contributed by atoms with Crippen molar-refractivity contribution < 1.29 is 39.5 Å². The highest BCUT2D eigenvalue weighted by atomic mass is 79.9. The lowest BCUT2D eigenvalue weighted by atomic mass is 9.93. The van der Waals surface area contributed by atoms with Gasteiger partial charge in [0.2, 0.25) is 5.91 Å². The number of aromatic nitrogens is 1. The highest BCUT2D eigenvalue weighted by Gasteiger charge is 2.46. The number of aliphatic hydroxyl groups is 4. The summed E-state index contributed by atoms with van der Waals surface area (Å²) in [5.74, 6) is -1.02. The van der Waals surface area contributed by atoms with Gasteiger partial charge >= 0.3 is 0 Å². The van der Waals surface area contributed by atoms with Crippen LogP contribution in [0.4, 0.5) is 11.5 Å². The second-order valence-corrected chi connectivity index (χ2v) is 11.7. The van der Waals surface area contributed by atoms with Crippen LogP contribution in [0.3, 0.4) is 0 Å². The summed E-state index contributed by atoms with van der Waals surface area (Å²) in [5, 5.41) is 46.3. The van der Waals surface area contributed by atoms with Crippen LogP contribution in [-0.2, 0) is 14.3 Å². The van der Waals surface area contributed by atoms with E-state index in [1.807, 2.05) is 18.7 Å². The van der Waals surface area contributed by atoms with Crippen molar-refractivity contribution >= 4 is 50.9 Å². The van der Waals surface area contributed by atoms with Crippen LogP contribution in [0.5, 0.6) is 0 Å². The van der Waals surface area contributed by atoms with Gasteiger partial charge in [0.25, 0.3) is 5.91 Å². The quantitative estimate of drug-likeness (QED) is 0.246. The average Bonchev–Trinajstić information content (AvgIpc) is 2.95. The first-order chi connectivity index (χ1) is 19.5. The zero-order valence-corrected chi connectivity index (χ0v) is 24.8. The number of hydrogen-bond donors (Lipinski definition) is 6. The molecular formula is C27H34BrClN4O8. The van der Waals surface area contributed by atoms with E-state index in [-0.39, 0.29) is 23.9 Å². The Balaban J connectivity index is 1.48. The van der Waals surface area contributed by atoms with Gasteiger partial charge in [0.15, 0.2) is 6.29 Å². The van der Waals surface area contributed by atoms with Gasteiger partial charge in [0, 0.05) is 29.2 Å². The fourth-order valence-corrected chi connectivity index (χ4v) is 5.40. The van der Waals surface area contributed by atoms with Gasteiger partial charge in [-0.1, -0.05) is 27.5 Å². The second kappa shape index (κ2) is 13.8. The van der Waals surface area contributed by atoms with E-state index in [1.54, 1.807) is 30.3 Å². The van der Waals surface area contributed by atoms with Gasteiger partial charge in [-0.25, -0.2) is 4.98 Å². The molecule has 2 amide bonds. The van der Waals surface area contributed by atoms with Crippen LogP contribution in [0.25, 0.3) is 0 Å². The fraction of sp³-hybridized carbons (Fsp3) is 0.519. The average molecular weight is 658 g/mol. The van der Waals surface area contributed by atoms with Crippen molar-refractivity contribution in [3.8, 4) is 0 Å². The van der Waals surface area contributed by atoms with Crippen molar-refractivity contribution in [3.63, 3.8) is 0 Å². The van der Waals surface area contributed by atoms with E-state index in [0.717, 1.165) is 0 Å². The second-order valence-electron chi connectivity index (χ2n) is 10.3. The molecule has 0 bridgehead atoms. The fourth-order valence-electron chi connectivity index (χ4n) is 4.92. The minimum absolute atomic E-state index is 0.0251. The number of ether oxygens (including phenoxy) is 2. The summed E-state index contributed by atoms with van der Waals surface area (Å²) < 4.78 is 12.2. The van der Waals surface area contributed by atoms with Crippen LogP contribution in [0.15, 0.2) is 41.0 Å². The lowest BCUT2D eigenvalue weighted by Crippen LogP contribution is -2.61. The molecule has 2 aliphatic heterocycles. The molecule has 4 rings (SSSR count). The normalized spacial score (nSPS) is 28.9. The topological polar surface area (TPSA) is 174 Å². The number of rotatable bonds is 8. The molecule has 1 aromatic carbocycles. The van der Waals surface area contributed by atoms with Gasteiger partial charge in [-0.2, -0.15) is 0 Å². The zero-order chi connectivity index (χ0) is 29.8. The van der Waals surface area contributed by atoms with E-state index in [9.17, 15) is 30.0 Å². The van der Waals surface area contributed by atoms with Gasteiger partial charge in [-0.15, -0.1) is 0 Å². The van der Waals surface area contributed by atoms with Gasteiger partial charge in [-0.05, 0) is 57.0 Å². The van der Waals surface area contributed by atoms with Crippen molar-refractivity contribution in [2.24, 2.45) is 5.92 Å². The van der Waals surface area contributed by atoms with Crippen molar-refractivity contribution in [1.29, 1.82) is 0 Å². The Morgan fingerprint density at radius 2 is 1.93 bits per heavy atom. The highest BCUT2D eigenvalue weighted by molar-refractivity contribution is 9.10. The molecule has 7 atom stereocenters. The predicted molar refractivity (Wildman–Crippen MR) is 153 cm³/mol. The molecule has 2 saturated heterocycles. The maximum atomic E-state index is 13.5. The van der Waals surface area contributed by atoms with Crippen molar-refractivity contribution in [1.82, 2.24) is 9.88 Å². The Morgan fingerprint density at radius 3 is 2.59 bits per heavy atom. The number of nitrogens with zero attached hydrogens (tertiary/aromatic N) is 2. The minimum atomic E-state index is -1.58. The van der Waals surface area contributed by atoms with Crippen LogP contribution < -0.4 is 10.6 Å². The van der Waals surface area contributed by atoms with Gasteiger partial charge < -0.3 is 40.5 Å². The van der Waals surface area contributed by atoms with E-state index < -0.39 is 55.4 Å². The molecule has 2 unspecified atom stereocenters. The Morgan fingerprint density at radius 1 is 1.17 bits per heavy atom. The number of anilines is 2. The molecule has 1 aromatic heterocycles. The molecule has 0 spiro atoms. The molecule has 0 aliphatic carbocycles. The van der Waals surface area contributed by atoms with Crippen LogP contribution in [0, 0.1) is 5.92 Å². The molecule has 6 N–H and O–H groups in total. The number of likely N-dealkylation sites (tertiary alicyclic amines) is 1. The predicted octanol–water partition coefficient (Wildman–Crippen LogP) is 1.95. The maximum absolute atomic E-state index is 13.5. The summed E-state index contributed by atoms with van der Waals surface area (Å²) in [7, 11) is 0. The Bertz CT molecular complexity index is 1220. The molecule has 3 heterocycles. The number of aliphatic hydroxyl groups excluding tert-OH is 4. The lowest BCUT2D eigenvalue weighted by Gasteiger charge is -2.45. The lowest BCUT2D eigenvalue weighted by molar-refractivity contribution is -0.327. The molecule has 224 valence electrons. The SMILES string of the molecule is CC(C)N1CCC(C(=O)Nc2ccc(Br)cc2C(=O)Nc2ccc(Cl)cn2)CC1O[C@@H]1O[C@H](CO)[C@H](O)[C@H](O)[C@H]1O. The first-order valence-electron chi connectivity index (χ1n) is 13.2. The summed E-state index contributed by atoms with van der Waals surface area (Å²) >= 11 is 9.24. The van der Waals surface area contributed by atoms with Gasteiger partial charge in [0.05, 0.1) is 22.9 Å². The summed E-state index contributed by atoms with van der Waals surface area (Å²) in [5.41, 5.74) is 0.528. The Hall–Kier alpha value is -2.20. The third-order valence-corrected chi connectivity index (χ3v) is 7.94. The van der Waals surface area contributed by atoms with Crippen molar-refractivity contribution in [3.05, 3.63) is 51.6 Å². The van der Waals surface area contributed by atoms with E-state index in [0.29, 0.717) is 34.0 Å². The van der Waals surface area contributed by atoms with Crippen LogP contribution in [-0.4, -0.2) is 98.3 Å². The molecule has 0 saturated carbocycles. The first-order valence-corrected chi connectivity index (χ1v) is 14.4. The number of hydrogen-bond acceptors (Lipinski definition) is 10. The largest absolute Gasteiger partial charge is 0.394 e. The van der Waals surface area contributed by atoms with E-state index in [4.69, 9.17) is 21.1 Å². The van der Waals surface area contributed by atoms with Gasteiger partial charge in [0.1, 0.15) is 36.5 Å². The molecule has 2 fully saturated rings. The van der Waals surface area contributed by atoms with Gasteiger partial charge in [-0.3, -0.25) is 14.5 Å². The van der Waals surface area contributed by atoms with E-state index >= 15 is 0 Å². The Labute approximate surface area is 250 Å². The third kappa shape index (κ3) is 7.61. The third-order valence-electron chi connectivity index (χ3n) is 7.22. The molecule has 2 aromatic rings. The number of amides is 2. The van der Waals surface area contributed by atoms with Crippen LogP contribution >= 0.6 is 27.5 Å². The van der Waals surface area contributed by atoms with E-state index in [1.165, 1.54) is 6.20 Å². The number of benzene rings is 1. The monoisotopic (exact) mass is 656 g/mol. The number of pyridine rings is 1. The molecule has 41 heavy (non-hydrogen) atoms. The first kappa shape index (κ1) is 31.7. The summed E-state index contributed by atoms with van der Waals surface area (Å²) in [6, 6.07) is 8.11. The number of nitrogens with one attached hydrogen (secondary N) is 2. The van der Waals surface area contributed by atoms with Crippen LogP contribution in [0.1, 0.15) is 37.0 Å². The smallest absolute Gasteiger partial charge is 0.258 e. The highest BCUT2D eigenvalue weighted by Crippen LogP contribution is 2.31. The van der Waals surface area contributed by atoms with Crippen LogP contribution in [0.2, 0.25) is 5.02 Å². The molecule has 12 nitrogen and oxygen atoms in total. The molecule has 2 aliphatic rings. The molecular weight excluding hydrogens is 624 g/mol. The van der Waals surface area contributed by atoms with Crippen molar-refractivity contribution in [2.75, 3.05) is 23.8 Å². The molecule has 0 radical (unpaired) electrons. The van der Waals surface area contributed by atoms with E-state index in [2.05, 4.69) is 31.5 Å². The summed E-state index contributed by atoms with van der Waals surface area (Å²) in [6.45, 7) is 3.85. The van der Waals surface area contributed by atoms with Crippen molar-refractivity contribution in [2.45, 2.75) is 69.7 Å². The zero-order valence-electron chi connectivity index (χ0n) is 22.5. The number of halogens is 2. The number of carbonyl (C=O) groups excluding carboxylic acids is 2. The maximum Gasteiger partial charge on any atom is 0.258 e. The standard InChI is InChI=1S/C27H34BrClN4O8/c1-13(2)33-8-7-14(9-21(33)41-27-24(37)23(36)22(35)19(12-34)40-27)25(38)31-18-5-3-15(28)10-17(18)26(39)32-20-6-4-16(29)11-30-20/h3-6,10-11,13-14,19,21-24,27,34-37H,7-9,12H2,1-2H3,(H,31,38)(H,30,32,39)/t14?,19-,21?,22+,23+,24-,27+/m1/s1. The summed E-state index contributed by atoms with van der Waals surface area (Å²) in [6.07, 6.45) is -5.62. The number of piperidine rings is 1.